The van der Waals surface area contributed by atoms with Crippen LogP contribution in [0.4, 0.5) is 0 Å². The molecule has 0 fully saturated rings. The van der Waals surface area contributed by atoms with E-state index in [1.165, 1.54) is 21.9 Å². The van der Waals surface area contributed by atoms with Gasteiger partial charge in [0.25, 0.3) is 0 Å². The number of nitrogens with zero attached hydrogens (tertiary/aromatic N) is 3. The minimum atomic E-state index is 0.124. The van der Waals surface area contributed by atoms with Crippen molar-refractivity contribution in [2.45, 2.75) is 50.2 Å². The van der Waals surface area contributed by atoms with E-state index in [0.717, 1.165) is 22.5 Å². The highest BCUT2D eigenvalue weighted by Gasteiger charge is 2.15. The molecule has 0 unspecified atom stereocenters. The zero-order chi connectivity index (χ0) is 22.6. The molecule has 3 aromatic carbocycles. The monoisotopic (exact) mass is 443 g/mol. The van der Waals surface area contributed by atoms with Gasteiger partial charge in [0.15, 0.2) is 11.0 Å². The summed E-state index contributed by atoms with van der Waals surface area (Å²) in [5.74, 6) is 2.45. The molecule has 0 spiro atoms. The van der Waals surface area contributed by atoms with Crippen molar-refractivity contribution >= 4 is 22.5 Å². The highest BCUT2D eigenvalue weighted by atomic mass is 32.2. The number of ether oxygens (including phenoxy) is 1. The highest BCUT2D eigenvalue weighted by molar-refractivity contribution is 7.98. The molecule has 1 heterocycles. The molecule has 0 radical (unpaired) electrons. The molecule has 0 saturated heterocycles. The van der Waals surface area contributed by atoms with E-state index in [4.69, 9.17) is 4.74 Å². The van der Waals surface area contributed by atoms with E-state index in [2.05, 4.69) is 96.7 Å². The first-order valence-corrected chi connectivity index (χ1v) is 11.8. The fourth-order valence-corrected chi connectivity index (χ4v) is 4.58. The van der Waals surface area contributed by atoms with E-state index in [1.54, 1.807) is 11.8 Å². The standard InChI is InChI=1S/C27H29N3OS/c1-5-17-30-25(18-31-23-15-13-22(14-16-23)27(2,3)4)28-29-26(30)32-19-21-11-8-10-20-9-6-7-12-24(20)21/h5-16H,1,17-19H2,2-4H3. The van der Waals surface area contributed by atoms with Gasteiger partial charge in [-0.25, -0.2) is 0 Å². The second-order valence-electron chi connectivity index (χ2n) is 8.79. The SMILES string of the molecule is C=CCn1c(COc2ccc(C(C)(C)C)cc2)nnc1SCc1cccc2ccccc12. The van der Waals surface area contributed by atoms with Crippen molar-refractivity contribution < 1.29 is 4.74 Å². The molecular formula is C27H29N3OS. The summed E-state index contributed by atoms with van der Waals surface area (Å²) >= 11 is 1.69. The number of rotatable bonds is 8. The summed E-state index contributed by atoms with van der Waals surface area (Å²) in [6, 6.07) is 23.2. The van der Waals surface area contributed by atoms with Gasteiger partial charge in [-0.15, -0.1) is 16.8 Å². The Balaban J connectivity index is 1.47. The summed E-state index contributed by atoms with van der Waals surface area (Å²) in [7, 11) is 0. The number of hydrogen-bond acceptors (Lipinski definition) is 4. The van der Waals surface area contributed by atoms with Gasteiger partial charge in [-0.05, 0) is 39.4 Å². The minimum Gasteiger partial charge on any atom is -0.486 e. The number of thioether (sulfide) groups is 1. The van der Waals surface area contributed by atoms with Crippen LogP contribution in [0.1, 0.15) is 37.7 Å². The number of aromatic nitrogens is 3. The lowest BCUT2D eigenvalue weighted by Gasteiger charge is -2.19. The molecule has 1 aromatic heterocycles. The molecule has 4 rings (SSSR count). The fraction of sp³-hybridized carbons (Fsp3) is 0.259. The normalized spacial score (nSPS) is 11.6. The molecule has 0 N–H and O–H groups in total. The lowest BCUT2D eigenvalue weighted by atomic mass is 9.87. The van der Waals surface area contributed by atoms with Crippen LogP contribution >= 0.6 is 11.8 Å². The summed E-state index contributed by atoms with van der Waals surface area (Å²) in [4.78, 5) is 0. The van der Waals surface area contributed by atoms with Gasteiger partial charge in [0.2, 0.25) is 0 Å². The lowest BCUT2D eigenvalue weighted by molar-refractivity contribution is 0.289. The van der Waals surface area contributed by atoms with E-state index in [-0.39, 0.29) is 5.41 Å². The van der Waals surface area contributed by atoms with Crippen LogP contribution in [-0.2, 0) is 24.3 Å². The Labute approximate surface area is 194 Å². The molecule has 0 saturated carbocycles. The van der Waals surface area contributed by atoms with E-state index in [1.807, 2.05) is 18.2 Å². The Kier molecular flexibility index (Phi) is 6.66. The third kappa shape index (κ3) is 5.05. The first-order chi connectivity index (χ1) is 15.5. The number of benzene rings is 3. The van der Waals surface area contributed by atoms with Crippen LogP contribution in [0.2, 0.25) is 0 Å². The zero-order valence-electron chi connectivity index (χ0n) is 18.9. The third-order valence-corrected chi connectivity index (χ3v) is 6.45. The number of hydrogen-bond donors (Lipinski definition) is 0. The maximum Gasteiger partial charge on any atom is 0.191 e. The van der Waals surface area contributed by atoms with Gasteiger partial charge in [-0.2, -0.15) is 0 Å². The third-order valence-electron chi connectivity index (χ3n) is 5.43. The summed E-state index contributed by atoms with van der Waals surface area (Å²) in [5.41, 5.74) is 2.70. The van der Waals surface area contributed by atoms with E-state index in [9.17, 15) is 0 Å². The summed E-state index contributed by atoms with van der Waals surface area (Å²) < 4.78 is 8.09. The number of fused-ring (bicyclic) bond motifs is 1. The van der Waals surface area contributed by atoms with Crippen molar-refractivity contribution in [3.05, 3.63) is 96.3 Å². The molecule has 4 nitrogen and oxygen atoms in total. The van der Waals surface area contributed by atoms with Crippen molar-refractivity contribution in [3.8, 4) is 5.75 Å². The molecule has 0 aliphatic rings. The molecule has 4 aromatic rings. The van der Waals surface area contributed by atoms with Crippen LogP contribution < -0.4 is 4.74 Å². The van der Waals surface area contributed by atoms with Crippen LogP contribution in [0, 0.1) is 0 Å². The van der Waals surface area contributed by atoms with Gasteiger partial charge < -0.3 is 4.74 Å². The molecule has 0 aliphatic heterocycles. The number of allylic oxidation sites excluding steroid dienone is 1. The van der Waals surface area contributed by atoms with E-state index >= 15 is 0 Å². The minimum absolute atomic E-state index is 0.124. The Morgan fingerprint density at radius 1 is 0.969 bits per heavy atom. The predicted octanol–water partition coefficient (Wildman–Crippen LogP) is 6.79. The quantitative estimate of drug-likeness (QED) is 0.222. The lowest BCUT2D eigenvalue weighted by Crippen LogP contribution is -2.11. The second kappa shape index (κ2) is 9.61. The maximum atomic E-state index is 6.01. The molecular weight excluding hydrogens is 414 g/mol. The first kappa shape index (κ1) is 22.2. The van der Waals surface area contributed by atoms with Crippen molar-refractivity contribution in [1.29, 1.82) is 0 Å². The average molecular weight is 444 g/mol. The van der Waals surface area contributed by atoms with Crippen LogP contribution in [0.15, 0.2) is 84.5 Å². The maximum absolute atomic E-state index is 6.01. The summed E-state index contributed by atoms with van der Waals surface area (Å²) in [6.45, 7) is 11.5. The average Bonchev–Trinajstić information content (AvgIpc) is 3.17. The first-order valence-electron chi connectivity index (χ1n) is 10.8. The molecule has 5 heteroatoms. The molecule has 164 valence electrons. The smallest absolute Gasteiger partial charge is 0.191 e. The van der Waals surface area contributed by atoms with Crippen molar-refractivity contribution in [2.24, 2.45) is 0 Å². The molecule has 32 heavy (non-hydrogen) atoms. The molecule has 0 bridgehead atoms. The van der Waals surface area contributed by atoms with Crippen molar-refractivity contribution in [1.82, 2.24) is 14.8 Å². The van der Waals surface area contributed by atoms with Crippen molar-refractivity contribution in [2.75, 3.05) is 0 Å². The van der Waals surface area contributed by atoms with Crippen LogP contribution in [0.5, 0.6) is 5.75 Å². The van der Waals surface area contributed by atoms with Crippen LogP contribution in [0.3, 0.4) is 0 Å². The van der Waals surface area contributed by atoms with Gasteiger partial charge >= 0.3 is 0 Å². The van der Waals surface area contributed by atoms with Gasteiger partial charge in [0.1, 0.15) is 12.4 Å². The predicted molar refractivity (Wildman–Crippen MR) is 133 cm³/mol. The highest BCUT2D eigenvalue weighted by Crippen LogP contribution is 2.28. The van der Waals surface area contributed by atoms with Crippen molar-refractivity contribution in [3.63, 3.8) is 0 Å². The zero-order valence-corrected chi connectivity index (χ0v) is 19.7. The topological polar surface area (TPSA) is 39.9 Å². The summed E-state index contributed by atoms with van der Waals surface area (Å²) in [5, 5.41) is 12.2. The van der Waals surface area contributed by atoms with Crippen LogP contribution in [0.25, 0.3) is 10.8 Å². The molecule has 0 amide bonds. The Hall–Kier alpha value is -3.05. The van der Waals surface area contributed by atoms with Gasteiger partial charge in [-0.3, -0.25) is 4.57 Å². The Morgan fingerprint density at radius 2 is 1.72 bits per heavy atom. The van der Waals surface area contributed by atoms with Gasteiger partial charge in [-0.1, -0.05) is 93.2 Å². The summed E-state index contributed by atoms with van der Waals surface area (Å²) in [6.07, 6.45) is 1.87. The van der Waals surface area contributed by atoms with Gasteiger partial charge in [0, 0.05) is 12.3 Å². The van der Waals surface area contributed by atoms with E-state index in [0.29, 0.717) is 13.2 Å². The van der Waals surface area contributed by atoms with E-state index < -0.39 is 0 Å². The molecule has 0 aliphatic carbocycles. The fourth-order valence-electron chi connectivity index (χ4n) is 3.60. The second-order valence-corrected chi connectivity index (χ2v) is 9.73. The Morgan fingerprint density at radius 3 is 2.47 bits per heavy atom. The van der Waals surface area contributed by atoms with Crippen LogP contribution in [-0.4, -0.2) is 14.8 Å². The Bertz CT molecular complexity index is 1200. The largest absolute Gasteiger partial charge is 0.486 e. The molecule has 0 atom stereocenters. The van der Waals surface area contributed by atoms with Gasteiger partial charge in [0.05, 0.1) is 0 Å².